The molecule has 0 atom stereocenters. The van der Waals surface area contributed by atoms with Crippen LogP contribution in [0.3, 0.4) is 0 Å². The van der Waals surface area contributed by atoms with Gasteiger partial charge in [0.2, 0.25) is 0 Å². The standard InChI is InChI=1S/C20H13NO6/c22-19(14-7-3-1-4-8-14)26-17-12-11-16(21(24)25)13-18(17)27-20(23)15-9-5-2-6-10-15/h1-13H. The van der Waals surface area contributed by atoms with Crippen molar-refractivity contribution in [3.05, 3.63) is 100 Å². The Hall–Kier alpha value is -4.00. The van der Waals surface area contributed by atoms with E-state index in [1.165, 1.54) is 18.2 Å². The van der Waals surface area contributed by atoms with Crippen LogP contribution >= 0.6 is 0 Å². The summed E-state index contributed by atoms with van der Waals surface area (Å²) in [5.74, 6) is -1.73. The van der Waals surface area contributed by atoms with Gasteiger partial charge in [-0.15, -0.1) is 0 Å². The number of benzene rings is 3. The number of rotatable bonds is 5. The van der Waals surface area contributed by atoms with E-state index in [0.717, 1.165) is 12.1 Å². The van der Waals surface area contributed by atoms with Crippen LogP contribution in [-0.4, -0.2) is 16.9 Å². The molecule has 3 aromatic carbocycles. The predicted molar refractivity (Wildman–Crippen MR) is 95.9 cm³/mol. The molecule has 27 heavy (non-hydrogen) atoms. The van der Waals surface area contributed by atoms with E-state index in [-0.39, 0.29) is 28.3 Å². The maximum atomic E-state index is 12.3. The largest absolute Gasteiger partial charge is 0.419 e. The fraction of sp³-hybridized carbons (Fsp3) is 0. The first kappa shape index (κ1) is 17.8. The molecule has 0 unspecified atom stereocenters. The van der Waals surface area contributed by atoms with E-state index in [0.29, 0.717) is 0 Å². The number of non-ortho nitro benzene ring substituents is 1. The highest BCUT2D eigenvalue weighted by molar-refractivity contribution is 5.93. The Morgan fingerprint density at radius 2 is 1.19 bits per heavy atom. The van der Waals surface area contributed by atoms with Crippen LogP contribution in [-0.2, 0) is 0 Å². The van der Waals surface area contributed by atoms with Gasteiger partial charge < -0.3 is 9.47 Å². The van der Waals surface area contributed by atoms with E-state index >= 15 is 0 Å². The lowest BCUT2D eigenvalue weighted by Gasteiger charge is -2.10. The maximum absolute atomic E-state index is 12.3. The third kappa shape index (κ3) is 4.35. The minimum atomic E-state index is -0.729. The Bertz CT molecular complexity index is 986. The van der Waals surface area contributed by atoms with Gasteiger partial charge in [-0.2, -0.15) is 0 Å². The van der Waals surface area contributed by atoms with Gasteiger partial charge in [0, 0.05) is 6.07 Å². The lowest BCUT2D eigenvalue weighted by Crippen LogP contribution is -2.12. The van der Waals surface area contributed by atoms with Crippen LogP contribution < -0.4 is 9.47 Å². The van der Waals surface area contributed by atoms with E-state index < -0.39 is 16.9 Å². The quantitative estimate of drug-likeness (QED) is 0.294. The predicted octanol–water partition coefficient (Wildman–Crippen LogP) is 4.03. The van der Waals surface area contributed by atoms with Crippen LogP contribution in [0.2, 0.25) is 0 Å². The molecule has 0 saturated carbocycles. The van der Waals surface area contributed by atoms with Crippen LogP contribution in [0, 0.1) is 10.1 Å². The molecule has 7 nitrogen and oxygen atoms in total. The Morgan fingerprint density at radius 1 is 0.704 bits per heavy atom. The topological polar surface area (TPSA) is 95.7 Å². The van der Waals surface area contributed by atoms with Crippen molar-refractivity contribution >= 4 is 17.6 Å². The van der Waals surface area contributed by atoms with Crippen LogP contribution in [0.15, 0.2) is 78.9 Å². The van der Waals surface area contributed by atoms with Gasteiger partial charge in [-0.05, 0) is 30.3 Å². The number of nitro groups is 1. The van der Waals surface area contributed by atoms with Crippen LogP contribution in [0.25, 0.3) is 0 Å². The molecule has 0 amide bonds. The molecule has 134 valence electrons. The van der Waals surface area contributed by atoms with E-state index in [1.54, 1.807) is 48.5 Å². The molecule has 0 aliphatic carbocycles. The molecule has 0 N–H and O–H groups in total. The zero-order chi connectivity index (χ0) is 19.2. The average Bonchev–Trinajstić information content (AvgIpc) is 2.70. The average molecular weight is 363 g/mol. The smallest absolute Gasteiger partial charge is 0.343 e. The second-order valence-corrected chi connectivity index (χ2v) is 5.40. The number of ether oxygens (including phenoxy) is 2. The first-order valence-corrected chi connectivity index (χ1v) is 7.87. The zero-order valence-corrected chi connectivity index (χ0v) is 13.9. The van der Waals surface area contributed by atoms with Crippen molar-refractivity contribution in [2.24, 2.45) is 0 Å². The summed E-state index contributed by atoms with van der Waals surface area (Å²) in [6, 6.07) is 19.7. The lowest BCUT2D eigenvalue weighted by molar-refractivity contribution is -0.384. The second-order valence-electron chi connectivity index (χ2n) is 5.40. The molecule has 0 aliphatic rings. The van der Waals surface area contributed by atoms with Crippen molar-refractivity contribution in [3.8, 4) is 11.5 Å². The number of esters is 2. The lowest BCUT2D eigenvalue weighted by atomic mass is 10.2. The van der Waals surface area contributed by atoms with E-state index in [2.05, 4.69) is 0 Å². The molecular formula is C20H13NO6. The van der Waals surface area contributed by atoms with Crippen molar-refractivity contribution in [1.29, 1.82) is 0 Å². The fourth-order valence-electron chi connectivity index (χ4n) is 2.24. The Kier molecular flexibility index (Phi) is 5.22. The van der Waals surface area contributed by atoms with Crippen LogP contribution in [0.5, 0.6) is 11.5 Å². The monoisotopic (exact) mass is 363 g/mol. The summed E-state index contributed by atoms with van der Waals surface area (Å²) in [7, 11) is 0. The SMILES string of the molecule is O=C(Oc1ccc([N+](=O)[O-])cc1OC(=O)c1ccccc1)c1ccccc1. The molecule has 0 spiro atoms. The van der Waals surface area contributed by atoms with Crippen molar-refractivity contribution in [3.63, 3.8) is 0 Å². The first-order valence-electron chi connectivity index (χ1n) is 7.87. The first-order chi connectivity index (χ1) is 13.0. The fourth-order valence-corrected chi connectivity index (χ4v) is 2.24. The summed E-state index contributed by atoms with van der Waals surface area (Å²) >= 11 is 0. The third-order valence-electron chi connectivity index (χ3n) is 3.56. The van der Waals surface area contributed by atoms with Gasteiger partial charge in [-0.1, -0.05) is 36.4 Å². The molecule has 0 fully saturated rings. The van der Waals surface area contributed by atoms with Gasteiger partial charge in [-0.25, -0.2) is 9.59 Å². The number of carbonyl (C=O) groups excluding carboxylic acids is 2. The molecule has 0 saturated heterocycles. The number of hydrogen-bond donors (Lipinski definition) is 0. The van der Waals surface area contributed by atoms with Gasteiger partial charge in [0.25, 0.3) is 5.69 Å². The molecule has 3 rings (SSSR count). The van der Waals surface area contributed by atoms with Gasteiger partial charge in [0.15, 0.2) is 11.5 Å². The molecule has 0 aliphatic heterocycles. The molecule has 3 aromatic rings. The van der Waals surface area contributed by atoms with E-state index in [4.69, 9.17) is 9.47 Å². The summed E-state index contributed by atoms with van der Waals surface area (Å²) in [5, 5.41) is 11.0. The van der Waals surface area contributed by atoms with Gasteiger partial charge in [-0.3, -0.25) is 10.1 Å². The highest BCUT2D eigenvalue weighted by Gasteiger charge is 2.19. The third-order valence-corrected chi connectivity index (χ3v) is 3.56. The zero-order valence-electron chi connectivity index (χ0n) is 13.9. The number of nitrogens with zero attached hydrogens (tertiary/aromatic N) is 1. The molecule has 0 aromatic heterocycles. The maximum Gasteiger partial charge on any atom is 0.343 e. The summed E-state index contributed by atoms with van der Waals surface area (Å²) < 4.78 is 10.5. The number of nitro benzene ring substituents is 1. The molecule has 7 heteroatoms. The van der Waals surface area contributed by atoms with Gasteiger partial charge in [0.1, 0.15) is 0 Å². The molecular weight excluding hydrogens is 350 g/mol. The van der Waals surface area contributed by atoms with Crippen LogP contribution in [0.4, 0.5) is 5.69 Å². The van der Waals surface area contributed by atoms with Crippen LogP contribution in [0.1, 0.15) is 20.7 Å². The van der Waals surface area contributed by atoms with Crippen molar-refractivity contribution in [1.82, 2.24) is 0 Å². The second kappa shape index (κ2) is 7.92. The molecule has 0 radical (unpaired) electrons. The summed E-state index contributed by atoms with van der Waals surface area (Å²) in [4.78, 5) is 34.9. The Balaban J connectivity index is 1.90. The Morgan fingerprint density at radius 3 is 1.67 bits per heavy atom. The van der Waals surface area contributed by atoms with Crippen molar-refractivity contribution in [2.45, 2.75) is 0 Å². The normalized spacial score (nSPS) is 10.1. The minimum Gasteiger partial charge on any atom is -0.419 e. The number of hydrogen-bond acceptors (Lipinski definition) is 6. The highest BCUT2D eigenvalue weighted by Crippen LogP contribution is 2.32. The molecule has 0 heterocycles. The number of carbonyl (C=O) groups is 2. The van der Waals surface area contributed by atoms with Gasteiger partial charge >= 0.3 is 11.9 Å². The highest BCUT2D eigenvalue weighted by atomic mass is 16.6. The van der Waals surface area contributed by atoms with Gasteiger partial charge in [0.05, 0.1) is 22.1 Å². The van der Waals surface area contributed by atoms with E-state index in [9.17, 15) is 19.7 Å². The summed E-state index contributed by atoms with van der Waals surface area (Å²) in [6.45, 7) is 0. The van der Waals surface area contributed by atoms with Crippen molar-refractivity contribution < 1.29 is 24.0 Å². The summed E-state index contributed by atoms with van der Waals surface area (Å²) in [6.07, 6.45) is 0. The molecule has 0 bridgehead atoms. The Labute approximate surface area is 153 Å². The van der Waals surface area contributed by atoms with E-state index in [1.807, 2.05) is 0 Å². The summed E-state index contributed by atoms with van der Waals surface area (Å²) in [5.41, 5.74) is 0.242. The minimum absolute atomic E-state index is 0.0984. The van der Waals surface area contributed by atoms with Crippen molar-refractivity contribution in [2.75, 3.05) is 0 Å².